The van der Waals surface area contributed by atoms with Crippen molar-refractivity contribution in [2.24, 2.45) is 5.92 Å². The van der Waals surface area contributed by atoms with Crippen LogP contribution in [0, 0.1) is 12.8 Å². The second-order valence-corrected chi connectivity index (χ2v) is 8.06. The zero-order valence-electron chi connectivity index (χ0n) is 17.1. The minimum Gasteiger partial charge on any atom is -0.425 e. The second-order valence-electron chi connectivity index (χ2n) is 8.06. The molecule has 1 aromatic heterocycles. The molecule has 0 radical (unpaired) electrons. The van der Waals surface area contributed by atoms with Crippen LogP contribution in [0.25, 0.3) is 0 Å². The number of carbonyl (C=O) groups excluding carboxylic acids is 1. The highest BCUT2D eigenvalue weighted by molar-refractivity contribution is 5.77. The first kappa shape index (κ1) is 20.0. The lowest BCUT2D eigenvalue weighted by Gasteiger charge is -2.36. The van der Waals surface area contributed by atoms with E-state index in [2.05, 4.69) is 15.1 Å². The Morgan fingerprint density at radius 3 is 2.48 bits per heavy atom. The Balaban J connectivity index is 1.35. The van der Waals surface area contributed by atoms with Crippen molar-refractivity contribution in [1.82, 2.24) is 20.0 Å². The molecule has 0 spiro atoms. The number of aromatic nitrogens is 2. The molecule has 2 aromatic rings. The van der Waals surface area contributed by atoms with Crippen LogP contribution in [0.3, 0.4) is 0 Å². The van der Waals surface area contributed by atoms with Gasteiger partial charge in [-0.3, -0.25) is 9.69 Å². The van der Waals surface area contributed by atoms with Gasteiger partial charge in [-0.2, -0.15) is 0 Å². The van der Waals surface area contributed by atoms with E-state index in [-0.39, 0.29) is 11.8 Å². The van der Waals surface area contributed by atoms with Crippen molar-refractivity contribution in [1.29, 1.82) is 0 Å². The SMILES string of the molecule is Cc1nnc(C(CC(=O)N2CCC(CN3CCOCC3)CC2)c2ccccc2)o1. The fraction of sp³-hybridized carbons (Fsp3) is 0.591. The number of benzene rings is 1. The topological polar surface area (TPSA) is 71.7 Å². The van der Waals surface area contributed by atoms with Crippen LogP contribution in [0.1, 0.15) is 42.5 Å². The van der Waals surface area contributed by atoms with Crippen molar-refractivity contribution >= 4 is 5.91 Å². The summed E-state index contributed by atoms with van der Waals surface area (Å²) in [6.07, 6.45) is 2.50. The fourth-order valence-corrected chi connectivity index (χ4v) is 4.30. The quantitative estimate of drug-likeness (QED) is 0.744. The Bertz CT molecular complexity index is 780. The first-order chi connectivity index (χ1) is 14.2. The van der Waals surface area contributed by atoms with E-state index in [1.807, 2.05) is 35.2 Å². The number of aryl methyl sites for hydroxylation is 1. The molecule has 7 heteroatoms. The monoisotopic (exact) mass is 398 g/mol. The summed E-state index contributed by atoms with van der Waals surface area (Å²) in [5, 5.41) is 8.16. The van der Waals surface area contributed by atoms with Gasteiger partial charge in [-0.1, -0.05) is 30.3 Å². The molecule has 4 rings (SSSR count). The summed E-state index contributed by atoms with van der Waals surface area (Å²) in [7, 11) is 0. The molecule has 1 amide bonds. The van der Waals surface area contributed by atoms with Gasteiger partial charge >= 0.3 is 0 Å². The molecule has 1 atom stereocenters. The highest BCUT2D eigenvalue weighted by Gasteiger charge is 2.29. The number of hydrogen-bond donors (Lipinski definition) is 0. The van der Waals surface area contributed by atoms with Crippen LogP contribution >= 0.6 is 0 Å². The number of hydrogen-bond acceptors (Lipinski definition) is 6. The van der Waals surface area contributed by atoms with E-state index in [0.29, 0.717) is 24.1 Å². The zero-order chi connectivity index (χ0) is 20.1. The summed E-state index contributed by atoms with van der Waals surface area (Å²) in [5.41, 5.74) is 1.03. The molecule has 1 unspecified atom stereocenters. The molecule has 2 aliphatic heterocycles. The molecule has 156 valence electrons. The van der Waals surface area contributed by atoms with Gasteiger partial charge < -0.3 is 14.1 Å². The molecule has 0 bridgehead atoms. The lowest BCUT2D eigenvalue weighted by atomic mass is 9.92. The van der Waals surface area contributed by atoms with Gasteiger partial charge in [0.1, 0.15) is 0 Å². The summed E-state index contributed by atoms with van der Waals surface area (Å²) < 4.78 is 11.1. The van der Waals surface area contributed by atoms with E-state index in [0.717, 1.165) is 64.3 Å². The minimum absolute atomic E-state index is 0.166. The molecule has 2 fully saturated rings. The number of ether oxygens (including phenoxy) is 1. The number of likely N-dealkylation sites (tertiary alicyclic amines) is 1. The van der Waals surface area contributed by atoms with Gasteiger partial charge in [-0.25, -0.2) is 0 Å². The van der Waals surface area contributed by atoms with Crippen LogP contribution in [-0.2, 0) is 9.53 Å². The molecule has 0 aliphatic carbocycles. The lowest BCUT2D eigenvalue weighted by molar-refractivity contribution is -0.133. The standard InChI is InChI=1S/C22H30N4O3/c1-17-23-24-22(29-17)20(19-5-3-2-4-6-19)15-21(27)26-9-7-18(8-10-26)16-25-11-13-28-14-12-25/h2-6,18,20H,7-16H2,1H3. The smallest absolute Gasteiger partial charge is 0.224 e. The predicted molar refractivity (Wildman–Crippen MR) is 109 cm³/mol. The maximum atomic E-state index is 13.1. The van der Waals surface area contributed by atoms with Gasteiger partial charge in [0.15, 0.2) is 0 Å². The molecule has 1 aromatic carbocycles. The average Bonchev–Trinajstić information content (AvgIpc) is 3.19. The Kier molecular flexibility index (Phi) is 6.56. The van der Waals surface area contributed by atoms with E-state index in [4.69, 9.17) is 9.15 Å². The van der Waals surface area contributed by atoms with Gasteiger partial charge in [-0.15, -0.1) is 10.2 Å². The van der Waals surface area contributed by atoms with Crippen LogP contribution in [0.5, 0.6) is 0 Å². The molecule has 7 nitrogen and oxygen atoms in total. The van der Waals surface area contributed by atoms with Crippen LogP contribution in [0.4, 0.5) is 0 Å². The van der Waals surface area contributed by atoms with Crippen molar-refractivity contribution in [2.45, 2.75) is 32.1 Å². The van der Waals surface area contributed by atoms with Gasteiger partial charge in [0, 0.05) is 46.1 Å². The second kappa shape index (κ2) is 9.50. The number of amides is 1. The van der Waals surface area contributed by atoms with Crippen LogP contribution in [0.15, 0.2) is 34.7 Å². The third kappa shape index (κ3) is 5.22. The Morgan fingerprint density at radius 2 is 1.83 bits per heavy atom. The van der Waals surface area contributed by atoms with Gasteiger partial charge in [0.25, 0.3) is 0 Å². The van der Waals surface area contributed by atoms with Gasteiger partial charge in [0.05, 0.1) is 19.1 Å². The number of morpholine rings is 1. The third-order valence-corrected chi connectivity index (χ3v) is 6.01. The molecule has 0 saturated carbocycles. The minimum atomic E-state index is -0.198. The van der Waals surface area contributed by atoms with E-state index < -0.39 is 0 Å². The Labute approximate surface area is 172 Å². The predicted octanol–water partition coefficient (Wildman–Crippen LogP) is 2.47. The highest BCUT2D eigenvalue weighted by Crippen LogP contribution is 2.29. The first-order valence-electron chi connectivity index (χ1n) is 10.6. The molecule has 0 N–H and O–H groups in total. The first-order valence-corrected chi connectivity index (χ1v) is 10.6. The Morgan fingerprint density at radius 1 is 1.10 bits per heavy atom. The summed E-state index contributed by atoms with van der Waals surface area (Å²) in [5.74, 6) is 1.68. The third-order valence-electron chi connectivity index (χ3n) is 6.01. The van der Waals surface area contributed by atoms with Crippen LogP contribution in [0.2, 0.25) is 0 Å². The number of nitrogens with zero attached hydrogens (tertiary/aromatic N) is 4. The van der Waals surface area contributed by atoms with Crippen molar-refractivity contribution in [3.05, 3.63) is 47.7 Å². The average molecular weight is 399 g/mol. The highest BCUT2D eigenvalue weighted by atomic mass is 16.5. The summed E-state index contributed by atoms with van der Waals surface area (Å²) in [4.78, 5) is 17.6. The molecule has 2 saturated heterocycles. The van der Waals surface area contributed by atoms with Gasteiger partial charge in [-0.05, 0) is 24.3 Å². The molecule has 29 heavy (non-hydrogen) atoms. The lowest BCUT2D eigenvalue weighted by Crippen LogP contribution is -2.44. The van der Waals surface area contributed by atoms with E-state index >= 15 is 0 Å². The van der Waals surface area contributed by atoms with Crippen molar-refractivity contribution in [2.75, 3.05) is 45.9 Å². The van der Waals surface area contributed by atoms with E-state index in [1.54, 1.807) is 6.92 Å². The van der Waals surface area contributed by atoms with Crippen molar-refractivity contribution in [3.63, 3.8) is 0 Å². The maximum Gasteiger partial charge on any atom is 0.224 e. The number of rotatable bonds is 6. The van der Waals surface area contributed by atoms with Crippen LogP contribution in [-0.4, -0.2) is 71.8 Å². The fourth-order valence-electron chi connectivity index (χ4n) is 4.30. The van der Waals surface area contributed by atoms with E-state index in [1.165, 1.54) is 0 Å². The maximum absolute atomic E-state index is 13.1. The summed E-state index contributed by atoms with van der Waals surface area (Å²) >= 11 is 0. The molecular weight excluding hydrogens is 368 g/mol. The van der Waals surface area contributed by atoms with Crippen molar-refractivity contribution in [3.8, 4) is 0 Å². The summed E-state index contributed by atoms with van der Waals surface area (Å²) in [6.45, 7) is 8.30. The van der Waals surface area contributed by atoms with Gasteiger partial charge in [0.2, 0.25) is 17.7 Å². The Hall–Kier alpha value is -2.25. The largest absolute Gasteiger partial charge is 0.425 e. The normalized spacial score (nSPS) is 20.0. The molecule has 3 heterocycles. The van der Waals surface area contributed by atoms with Crippen molar-refractivity contribution < 1.29 is 13.9 Å². The van der Waals surface area contributed by atoms with Crippen LogP contribution < -0.4 is 0 Å². The molecule has 2 aliphatic rings. The van der Waals surface area contributed by atoms with E-state index in [9.17, 15) is 4.79 Å². The zero-order valence-corrected chi connectivity index (χ0v) is 17.1. The number of carbonyl (C=O) groups is 1. The summed E-state index contributed by atoms with van der Waals surface area (Å²) in [6, 6.07) is 9.97. The molecular formula is C22H30N4O3. The number of piperidine rings is 1.